The van der Waals surface area contributed by atoms with Crippen molar-refractivity contribution in [2.45, 2.75) is 13.0 Å². The van der Waals surface area contributed by atoms with Crippen molar-refractivity contribution in [3.8, 4) is 11.5 Å². The van der Waals surface area contributed by atoms with Crippen LogP contribution < -0.4 is 19.7 Å². The third kappa shape index (κ3) is 4.66. The van der Waals surface area contributed by atoms with Crippen molar-refractivity contribution in [3.05, 3.63) is 84.2 Å². The van der Waals surface area contributed by atoms with Crippen LogP contribution in [0.5, 0.6) is 11.5 Å². The normalized spacial score (nSPS) is 15.1. The molecule has 3 aromatic carbocycles. The van der Waals surface area contributed by atoms with E-state index in [2.05, 4.69) is 5.32 Å². The number of para-hydroxylation sites is 1. The number of amides is 2. The molecule has 6 nitrogen and oxygen atoms in total. The maximum Gasteiger partial charge on any atom is 0.267 e. The van der Waals surface area contributed by atoms with Gasteiger partial charge in [0.25, 0.3) is 11.8 Å². The molecule has 1 heterocycles. The first-order chi connectivity index (χ1) is 15.0. The molecule has 4 rings (SSSR count). The zero-order chi connectivity index (χ0) is 21.8. The number of benzene rings is 3. The highest BCUT2D eigenvalue weighted by Crippen LogP contribution is 2.36. The van der Waals surface area contributed by atoms with Crippen molar-refractivity contribution in [1.82, 2.24) is 0 Å². The van der Waals surface area contributed by atoms with Gasteiger partial charge in [-0.1, -0.05) is 24.3 Å². The smallest absolute Gasteiger partial charge is 0.267 e. The molecule has 0 saturated carbocycles. The third-order valence-corrected chi connectivity index (χ3v) is 4.84. The number of nitrogens with zero attached hydrogens (tertiary/aromatic N) is 1. The van der Waals surface area contributed by atoms with E-state index in [-0.39, 0.29) is 11.5 Å². The number of ether oxygens (including phenoxy) is 2. The topological polar surface area (TPSA) is 67.9 Å². The lowest BCUT2D eigenvalue weighted by Gasteiger charge is -2.33. The number of nitrogens with one attached hydrogen (secondary N) is 1. The number of carbonyl (C=O) groups is 2. The Balaban J connectivity index is 1.52. The Morgan fingerprint density at radius 1 is 1.10 bits per heavy atom. The minimum atomic E-state index is -0.628. The van der Waals surface area contributed by atoms with Crippen LogP contribution in [0.3, 0.4) is 0 Å². The summed E-state index contributed by atoms with van der Waals surface area (Å²) in [4.78, 5) is 26.8. The Bertz CT molecular complexity index is 1100. The van der Waals surface area contributed by atoms with Gasteiger partial charge in [-0.05, 0) is 55.5 Å². The van der Waals surface area contributed by atoms with Gasteiger partial charge in [-0.25, -0.2) is 4.39 Å². The van der Waals surface area contributed by atoms with E-state index in [1.54, 1.807) is 30.0 Å². The van der Waals surface area contributed by atoms with Gasteiger partial charge in [0.05, 0.1) is 12.2 Å². The molecule has 0 aliphatic carbocycles. The third-order valence-electron chi connectivity index (χ3n) is 4.84. The van der Waals surface area contributed by atoms with Crippen LogP contribution in [0.2, 0.25) is 0 Å². The minimum Gasteiger partial charge on any atom is -0.492 e. The molecule has 31 heavy (non-hydrogen) atoms. The zero-order valence-corrected chi connectivity index (χ0v) is 16.9. The zero-order valence-electron chi connectivity index (χ0n) is 16.9. The lowest BCUT2D eigenvalue weighted by atomic mass is 10.1. The monoisotopic (exact) mass is 420 g/mol. The summed E-state index contributed by atoms with van der Waals surface area (Å²) in [5.41, 5.74) is 1.21. The molecule has 3 aromatic rings. The summed E-state index contributed by atoms with van der Waals surface area (Å²) in [7, 11) is 0. The molecule has 1 unspecified atom stereocenters. The van der Waals surface area contributed by atoms with Crippen molar-refractivity contribution in [3.63, 3.8) is 0 Å². The van der Waals surface area contributed by atoms with E-state index >= 15 is 0 Å². The summed E-state index contributed by atoms with van der Waals surface area (Å²) in [6.07, 6.45) is -0.628. The second-order valence-electron chi connectivity index (χ2n) is 7.06. The molecule has 0 spiro atoms. The lowest BCUT2D eigenvalue weighted by Crippen LogP contribution is -2.46. The van der Waals surface area contributed by atoms with Crippen LogP contribution in [0.1, 0.15) is 17.3 Å². The highest BCUT2D eigenvalue weighted by Gasteiger charge is 2.31. The quantitative estimate of drug-likeness (QED) is 0.647. The Morgan fingerprint density at radius 2 is 1.90 bits per heavy atom. The predicted molar refractivity (Wildman–Crippen MR) is 115 cm³/mol. The van der Waals surface area contributed by atoms with Crippen LogP contribution >= 0.6 is 0 Å². The van der Waals surface area contributed by atoms with Crippen LogP contribution in [0.4, 0.5) is 15.8 Å². The van der Waals surface area contributed by atoms with Gasteiger partial charge in [-0.15, -0.1) is 0 Å². The molecular formula is C24H21FN2O4. The van der Waals surface area contributed by atoms with Crippen LogP contribution in [0.25, 0.3) is 0 Å². The highest BCUT2D eigenvalue weighted by molar-refractivity contribution is 6.05. The SMILES string of the molecule is CC1Oc2ccc(NC(=O)c3cccc(F)c3)cc2N(CCOc2ccccc2)C1=O. The molecular weight excluding hydrogens is 399 g/mol. The average molecular weight is 420 g/mol. The van der Waals surface area contributed by atoms with Crippen LogP contribution in [0.15, 0.2) is 72.8 Å². The van der Waals surface area contributed by atoms with Crippen LogP contribution in [0, 0.1) is 5.82 Å². The minimum absolute atomic E-state index is 0.197. The first-order valence-corrected chi connectivity index (χ1v) is 9.88. The van der Waals surface area contributed by atoms with Gasteiger partial charge < -0.3 is 19.7 Å². The van der Waals surface area contributed by atoms with Crippen molar-refractivity contribution in [2.24, 2.45) is 0 Å². The summed E-state index contributed by atoms with van der Waals surface area (Å²) < 4.78 is 24.8. The number of hydrogen-bond donors (Lipinski definition) is 1. The maximum absolute atomic E-state index is 13.4. The van der Waals surface area contributed by atoms with E-state index in [0.717, 1.165) is 6.07 Å². The fraction of sp³-hybridized carbons (Fsp3) is 0.167. The molecule has 0 radical (unpaired) electrons. The van der Waals surface area contributed by atoms with Gasteiger partial charge in [0.15, 0.2) is 6.10 Å². The number of carbonyl (C=O) groups excluding carboxylic acids is 2. The Labute approximate surface area is 179 Å². The number of halogens is 1. The molecule has 1 aliphatic rings. The number of hydrogen-bond acceptors (Lipinski definition) is 4. The molecule has 1 N–H and O–H groups in total. The fourth-order valence-corrected chi connectivity index (χ4v) is 3.32. The van der Waals surface area contributed by atoms with E-state index < -0.39 is 17.8 Å². The van der Waals surface area contributed by atoms with E-state index in [1.165, 1.54) is 18.2 Å². The summed E-state index contributed by atoms with van der Waals surface area (Å²) in [6, 6.07) is 19.8. The molecule has 1 aliphatic heterocycles. The van der Waals surface area contributed by atoms with Crippen LogP contribution in [-0.4, -0.2) is 31.1 Å². The second kappa shape index (κ2) is 8.87. The van der Waals surface area contributed by atoms with E-state index in [0.29, 0.717) is 36.0 Å². The van der Waals surface area contributed by atoms with E-state index in [1.807, 2.05) is 30.3 Å². The molecule has 0 saturated heterocycles. The molecule has 1 atom stereocenters. The van der Waals surface area contributed by atoms with Crippen molar-refractivity contribution < 1.29 is 23.5 Å². The molecule has 0 fully saturated rings. The number of rotatable bonds is 6. The van der Waals surface area contributed by atoms with Gasteiger partial charge >= 0.3 is 0 Å². The van der Waals surface area contributed by atoms with Gasteiger partial charge in [0, 0.05) is 11.3 Å². The Kier molecular flexibility index (Phi) is 5.84. The van der Waals surface area contributed by atoms with Gasteiger partial charge in [-0.3, -0.25) is 9.59 Å². The molecule has 0 aromatic heterocycles. The first kappa shape index (κ1) is 20.4. The van der Waals surface area contributed by atoms with Crippen molar-refractivity contribution in [2.75, 3.05) is 23.4 Å². The summed E-state index contributed by atoms with van der Waals surface area (Å²) >= 11 is 0. The van der Waals surface area contributed by atoms with Crippen molar-refractivity contribution in [1.29, 1.82) is 0 Å². The fourth-order valence-electron chi connectivity index (χ4n) is 3.32. The standard InChI is InChI=1S/C24H21FN2O4/c1-16-24(29)27(12-13-30-20-8-3-2-4-9-20)21-15-19(10-11-22(21)31-16)26-23(28)17-6-5-7-18(25)14-17/h2-11,14-16H,12-13H2,1H3,(H,26,28). The summed E-state index contributed by atoms with van der Waals surface area (Å²) in [6.45, 7) is 2.30. The van der Waals surface area contributed by atoms with Gasteiger partial charge in [-0.2, -0.15) is 0 Å². The largest absolute Gasteiger partial charge is 0.492 e. The number of anilines is 2. The number of fused-ring (bicyclic) bond motifs is 1. The maximum atomic E-state index is 13.4. The molecule has 158 valence electrons. The summed E-state index contributed by atoms with van der Waals surface area (Å²) in [5, 5.41) is 2.73. The van der Waals surface area contributed by atoms with Gasteiger partial charge in [0.2, 0.25) is 0 Å². The lowest BCUT2D eigenvalue weighted by molar-refractivity contribution is -0.125. The Morgan fingerprint density at radius 3 is 2.68 bits per heavy atom. The first-order valence-electron chi connectivity index (χ1n) is 9.88. The van der Waals surface area contributed by atoms with E-state index in [9.17, 15) is 14.0 Å². The molecule has 2 amide bonds. The van der Waals surface area contributed by atoms with Crippen LogP contribution in [-0.2, 0) is 4.79 Å². The highest BCUT2D eigenvalue weighted by atomic mass is 19.1. The van der Waals surface area contributed by atoms with Crippen molar-refractivity contribution >= 4 is 23.2 Å². The second-order valence-corrected chi connectivity index (χ2v) is 7.06. The Hall–Kier alpha value is -3.87. The van der Waals surface area contributed by atoms with Gasteiger partial charge in [0.1, 0.15) is 23.9 Å². The molecule has 0 bridgehead atoms. The summed E-state index contributed by atoms with van der Waals surface area (Å²) in [5.74, 6) is 0.117. The predicted octanol–water partition coefficient (Wildman–Crippen LogP) is 4.27. The van der Waals surface area contributed by atoms with E-state index in [4.69, 9.17) is 9.47 Å². The average Bonchev–Trinajstić information content (AvgIpc) is 2.77. The molecule has 7 heteroatoms.